The van der Waals surface area contributed by atoms with Crippen molar-refractivity contribution < 1.29 is 14.2 Å². The van der Waals surface area contributed by atoms with Crippen molar-refractivity contribution in [3.8, 4) is 5.75 Å². The molecule has 3 aromatic heterocycles. The minimum absolute atomic E-state index is 0.0738. The zero-order valence-corrected chi connectivity index (χ0v) is 21.6. The molecule has 0 fully saturated rings. The molecule has 4 rings (SSSR count). The number of hydrogen-bond donors (Lipinski definition) is 2. The number of nitrogens with zero attached hydrogens (tertiary/aromatic N) is 4. The van der Waals surface area contributed by atoms with Crippen molar-refractivity contribution in [2.45, 2.75) is 65.3 Å². The smallest absolute Gasteiger partial charge is 0.273 e. The molecule has 4 heterocycles. The largest absolute Gasteiger partial charge is 0.487 e. The first kappa shape index (κ1) is 25.8. The van der Waals surface area contributed by atoms with Gasteiger partial charge < -0.3 is 19.7 Å². The monoisotopic (exact) mass is 513 g/mol. The molecule has 0 bridgehead atoms. The Morgan fingerprint density at radius 2 is 2.06 bits per heavy atom. The van der Waals surface area contributed by atoms with Crippen LogP contribution in [0, 0.1) is 19.7 Å². The van der Waals surface area contributed by atoms with E-state index < -0.39 is 17.0 Å². The van der Waals surface area contributed by atoms with Gasteiger partial charge in [-0.05, 0) is 64.4 Å². The fourth-order valence-electron chi connectivity index (χ4n) is 4.27. The Bertz CT molecular complexity index is 1380. The molecule has 0 amide bonds. The van der Waals surface area contributed by atoms with Crippen LogP contribution in [0.3, 0.4) is 0 Å². The zero-order valence-electron chi connectivity index (χ0n) is 20.8. The number of nitrogens with one attached hydrogen (secondary N) is 1. The van der Waals surface area contributed by atoms with Gasteiger partial charge in [0.2, 0.25) is 0 Å². The summed E-state index contributed by atoms with van der Waals surface area (Å²) in [4.78, 5) is 26.2. The van der Waals surface area contributed by atoms with Gasteiger partial charge in [-0.1, -0.05) is 11.6 Å². The summed E-state index contributed by atoms with van der Waals surface area (Å²) in [6.45, 7) is 8.84. The second-order valence-corrected chi connectivity index (χ2v) is 9.95. The van der Waals surface area contributed by atoms with Crippen molar-refractivity contribution in [3.63, 3.8) is 0 Å². The molecule has 0 radical (unpaired) electrons. The Morgan fingerprint density at radius 1 is 1.31 bits per heavy atom. The number of aryl methyl sites for hydroxylation is 2. The Morgan fingerprint density at radius 3 is 2.75 bits per heavy atom. The van der Waals surface area contributed by atoms with Crippen LogP contribution < -0.4 is 15.6 Å². The standard InChI is InChI=1S/C26H29ClFN5O3/c1-14-10-30-19(23-15(2)11-31-25(32-23)26(4,5)35)9-20(14)33-16(3)8-21(22(27)24(33)34)36-13-17-12-29-7-6-18(17)28/h6-8,10-12,19-20,30,35H,9,13H2,1-5H3/t19-,20-/m1/s1. The second kappa shape index (κ2) is 9.99. The molecule has 3 aromatic rings. The summed E-state index contributed by atoms with van der Waals surface area (Å²) >= 11 is 6.44. The lowest BCUT2D eigenvalue weighted by Crippen LogP contribution is -2.35. The number of pyridine rings is 2. The molecular formula is C26H29ClFN5O3. The molecule has 0 unspecified atom stereocenters. The van der Waals surface area contributed by atoms with Gasteiger partial charge in [-0.25, -0.2) is 14.4 Å². The van der Waals surface area contributed by atoms with E-state index >= 15 is 0 Å². The van der Waals surface area contributed by atoms with Gasteiger partial charge in [0.15, 0.2) is 5.82 Å². The van der Waals surface area contributed by atoms with E-state index in [4.69, 9.17) is 16.3 Å². The first-order valence-electron chi connectivity index (χ1n) is 11.6. The maximum atomic E-state index is 13.9. The van der Waals surface area contributed by atoms with Crippen molar-refractivity contribution in [1.82, 2.24) is 24.8 Å². The highest BCUT2D eigenvalue weighted by atomic mass is 35.5. The van der Waals surface area contributed by atoms with E-state index in [0.29, 0.717) is 17.9 Å². The molecule has 0 saturated heterocycles. The summed E-state index contributed by atoms with van der Waals surface area (Å²) in [5.74, 6) is 0.0726. The van der Waals surface area contributed by atoms with E-state index in [1.165, 1.54) is 18.5 Å². The van der Waals surface area contributed by atoms with Crippen LogP contribution in [0.15, 0.2) is 47.3 Å². The van der Waals surface area contributed by atoms with Gasteiger partial charge in [0.25, 0.3) is 5.56 Å². The Balaban J connectivity index is 1.65. The lowest BCUT2D eigenvalue weighted by molar-refractivity contribution is 0.0682. The molecule has 10 heteroatoms. The van der Waals surface area contributed by atoms with E-state index in [1.54, 1.807) is 30.7 Å². The van der Waals surface area contributed by atoms with Crippen LogP contribution in [-0.4, -0.2) is 24.6 Å². The minimum atomic E-state index is -1.18. The topological polar surface area (TPSA) is 102 Å². The number of allylic oxidation sites excluding steroid dienone is 1. The second-order valence-electron chi connectivity index (χ2n) is 9.57. The molecule has 0 spiro atoms. The maximum absolute atomic E-state index is 13.9. The highest BCUT2D eigenvalue weighted by Gasteiger charge is 2.30. The van der Waals surface area contributed by atoms with E-state index in [2.05, 4.69) is 20.3 Å². The summed E-state index contributed by atoms with van der Waals surface area (Å²) < 4.78 is 21.3. The summed E-state index contributed by atoms with van der Waals surface area (Å²) in [5.41, 5.74) is 1.92. The SMILES string of the molecule is CC1=CN[C@@H](c2nc(C(C)(C)O)ncc2C)C[C@H]1n1c(C)cc(OCc2cnccc2F)c(Cl)c1=O. The first-order valence-corrected chi connectivity index (χ1v) is 12.0. The van der Waals surface area contributed by atoms with Crippen LogP contribution in [0.2, 0.25) is 5.02 Å². The van der Waals surface area contributed by atoms with Crippen molar-refractivity contribution in [1.29, 1.82) is 0 Å². The van der Waals surface area contributed by atoms with Gasteiger partial charge >= 0.3 is 0 Å². The van der Waals surface area contributed by atoms with Crippen molar-refractivity contribution in [2.24, 2.45) is 0 Å². The summed E-state index contributed by atoms with van der Waals surface area (Å²) in [7, 11) is 0. The molecule has 1 aliphatic rings. The Kier molecular flexibility index (Phi) is 7.15. The number of aromatic nitrogens is 4. The Labute approximate surface area is 213 Å². The molecule has 190 valence electrons. The third-order valence-corrected chi connectivity index (χ3v) is 6.61. The highest BCUT2D eigenvalue weighted by Crippen LogP contribution is 2.35. The van der Waals surface area contributed by atoms with Crippen LogP contribution in [-0.2, 0) is 12.2 Å². The highest BCUT2D eigenvalue weighted by molar-refractivity contribution is 6.31. The quantitative estimate of drug-likeness (QED) is 0.502. The first-order chi connectivity index (χ1) is 17.0. The number of halogens is 2. The van der Waals surface area contributed by atoms with Crippen LogP contribution in [0.5, 0.6) is 5.75 Å². The summed E-state index contributed by atoms with van der Waals surface area (Å²) in [6, 6.07) is 2.43. The van der Waals surface area contributed by atoms with Gasteiger partial charge in [-0.15, -0.1) is 0 Å². The fraction of sp³-hybridized carbons (Fsp3) is 0.385. The van der Waals surface area contributed by atoms with Gasteiger partial charge in [0, 0.05) is 35.9 Å². The normalized spacial score (nSPS) is 17.9. The average Bonchev–Trinajstić information content (AvgIpc) is 2.82. The lowest BCUT2D eigenvalue weighted by atomic mass is 9.93. The molecule has 2 N–H and O–H groups in total. The molecule has 0 aromatic carbocycles. The molecule has 36 heavy (non-hydrogen) atoms. The predicted octanol–water partition coefficient (Wildman–Crippen LogP) is 4.43. The van der Waals surface area contributed by atoms with Crippen LogP contribution in [0.4, 0.5) is 4.39 Å². The molecule has 8 nitrogen and oxygen atoms in total. The Hall–Kier alpha value is -3.30. The van der Waals surface area contributed by atoms with E-state index in [9.17, 15) is 14.3 Å². The van der Waals surface area contributed by atoms with Gasteiger partial charge in [-0.2, -0.15) is 0 Å². The number of hydrogen-bond acceptors (Lipinski definition) is 7. The summed E-state index contributed by atoms with van der Waals surface area (Å²) in [5, 5.41) is 13.7. The van der Waals surface area contributed by atoms with Crippen molar-refractivity contribution in [2.75, 3.05) is 0 Å². The molecule has 0 saturated carbocycles. The van der Waals surface area contributed by atoms with Gasteiger partial charge in [-0.3, -0.25) is 9.78 Å². The van der Waals surface area contributed by atoms with E-state index in [-0.39, 0.29) is 35.0 Å². The molecule has 1 aliphatic heterocycles. The molecule has 0 aliphatic carbocycles. The predicted molar refractivity (Wildman–Crippen MR) is 134 cm³/mol. The van der Waals surface area contributed by atoms with Gasteiger partial charge in [0.1, 0.15) is 28.8 Å². The number of aliphatic hydroxyl groups is 1. The molecular weight excluding hydrogens is 485 g/mol. The lowest BCUT2D eigenvalue weighted by Gasteiger charge is -2.33. The van der Waals surface area contributed by atoms with E-state index in [0.717, 1.165) is 16.8 Å². The van der Waals surface area contributed by atoms with E-state index in [1.807, 2.05) is 27.0 Å². The third-order valence-electron chi connectivity index (χ3n) is 6.27. The maximum Gasteiger partial charge on any atom is 0.273 e. The van der Waals surface area contributed by atoms with Crippen LogP contribution in [0.1, 0.15) is 67.6 Å². The average molecular weight is 514 g/mol. The van der Waals surface area contributed by atoms with Crippen molar-refractivity contribution in [3.05, 3.63) is 92.0 Å². The van der Waals surface area contributed by atoms with Crippen LogP contribution >= 0.6 is 11.6 Å². The number of ether oxygens (including phenoxy) is 1. The summed E-state index contributed by atoms with van der Waals surface area (Å²) in [6.07, 6.45) is 6.83. The van der Waals surface area contributed by atoms with Crippen molar-refractivity contribution >= 4 is 11.6 Å². The molecule has 2 atom stereocenters. The fourth-order valence-corrected chi connectivity index (χ4v) is 4.47. The minimum Gasteiger partial charge on any atom is -0.487 e. The zero-order chi connectivity index (χ0) is 26.2. The third kappa shape index (κ3) is 5.12. The van der Waals surface area contributed by atoms with Crippen LogP contribution in [0.25, 0.3) is 0 Å². The van der Waals surface area contributed by atoms with Gasteiger partial charge in [0.05, 0.1) is 17.8 Å². The number of rotatable bonds is 6.